The molecule has 2 saturated heterocycles. The van der Waals surface area contributed by atoms with Crippen molar-refractivity contribution in [1.82, 2.24) is 0 Å². The molecule has 12 nitrogen and oxygen atoms in total. The number of hydrogen-bond donors (Lipinski definition) is 6. The van der Waals surface area contributed by atoms with Crippen LogP contribution < -0.4 is 0 Å². The molecule has 0 aromatic heterocycles. The predicted molar refractivity (Wildman–Crippen MR) is 148 cm³/mol. The normalized spacial score (nSPS) is 35.7. The Morgan fingerprint density at radius 1 is 0.829 bits per heavy atom. The molecule has 2 fully saturated rings. The summed E-state index contributed by atoms with van der Waals surface area (Å²) in [6.07, 6.45) is -16.0. The third-order valence-corrected chi connectivity index (χ3v) is 13.4. The smallest absolute Gasteiger partial charge is 0.192 e. The predicted octanol–water partition coefficient (Wildman–Crippen LogP) is 0.558. The van der Waals surface area contributed by atoms with Crippen molar-refractivity contribution in [3.8, 4) is 6.07 Å². The molecule has 1 unspecified atom stereocenters. The van der Waals surface area contributed by atoms with E-state index in [2.05, 4.69) is 40.8 Å². The van der Waals surface area contributed by atoms with E-state index in [1.54, 1.807) is 30.3 Å². The van der Waals surface area contributed by atoms with E-state index in [9.17, 15) is 35.9 Å². The molecule has 0 spiro atoms. The Morgan fingerprint density at radius 3 is 1.88 bits per heavy atom. The van der Waals surface area contributed by atoms with E-state index < -0.39 is 82.4 Å². The molecule has 232 valence electrons. The summed E-state index contributed by atoms with van der Waals surface area (Å²) in [4.78, 5) is 0. The van der Waals surface area contributed by atoms with Crippen molar-refractivity contribution in [2.75, 3.05) is 13.2 Å². The molecule has 11 atom stereocenters. The number of rotatable bonds is 11. The number of hydrogen-bond acceptors (Lipinski definition) is 12. The standard InChI is InChI=1S/C28H45NO11Si/c1-15(2)28(3,4)41(5,6)37-14-19-21(31)22(32)24(34)26(39-19)36-13-18-20(30)23(33)25(35)27(40-18)38-17(12-29)16-10-8-7-9-11-16/h7-11,15,17-27,30-35H,13-14H2,1-6H3/t17?,18-,19-,20-,21-,22-,23-,24+,25+,26-,27-/m1/s1. The van der Waals surface area contributed by atoms with Crippen LogP contribution in [0.15, 0.2) is 30.3 Å². The number of aliphatic hydroxyl groups is 6. The zero-order valence-electron chi connectivity index (χ0n) is 24.4. The van der Waals surface area contributed by atoms with Crippen molar-refractivity contribution in [2.24, 2.45) is 5.92 Å². The monoisotopic (exact) mass is 599 g/mol. The molecule has 41 heavy (non-hydrogen) atoms. The van der Waals surface area contributed by atoms with Gasteiger partial charge in [-0.25, -0.2) is 0 Å². The van der Waals surface area contributed by atoms with E-state index in [4.69, 9.17) is 23.4 Å². The van der Waals surface area contributed by atoms with Crippen LogP contribution in [-0.2, 0) is 23.4 Å². The first-order valence-electron chi connectivity index (χ1n) is 13.9. The van der Waals surface area contributed by atoms with E-state index in [0.29, 0.717) is 11.5 Å². The highest BCUT2D eigenvalue weighted by atomic mass is 28.4. The van der Waals surface area contributed by atoms with Crippen LogP contribution in [0.1, 0.15) is 39.4 Å². The molecule has 1 aromatic carbocycles. The summed E-state index contributed by atoms with van der Waals surface area (Å²) < 4.78 is 29.0. The van der Waals surface area contributed by atoms with Crippen LogP contribution in [0, 0.1) is 17.2 Å². The highest BCUT2D eigenvalue weighted by molar-refractivity contribution is 6.74. The molecule has 0 amide bonds. The molecule has 1 aromatic rings. The second kappa shape index (κ2) is 13.9. The molecule has 3 rings (SSSR count). The third kappa shape index (κ3) is 7.53. The second-order valence-electron chi connectivity index (χ2n) is 12.1. The minimum Gasteiger partial charge on any atom is -0.414 e. The van der Waals surface area contributed by atoms with E-state index in [-0.39, 0.29) is 11.6 Å². The Balaban J connectivity index is 1.66. The van der Waals surface area contributed by atoms with Crippen LogP contribution in [0.2, 0.25) is 18.1 Å². The molecule has 13 heteroatoms. The summed E-state index contributed by atoms with van der Waals surface area (Å²) in [5.41, 5.74) is 0.502. The summed E-state index contributed by atoms with van der Waals surface area (Å²) in [5, 5.41) is 72.5. The molecule has 0 aliphatic carbocycles. The lowest BCUT2D eigenvalue weighted by molar-refractivity contribution is -0.333. The van der Waals surface area contributed by atoms with Crippen LogP contribution in [0.25, 0.3) is 0 Å². The summed E-state index contributed by atoms with van der Waals surface area (Å²) in [6, 6.07) is 10.5. The second-order valence-corrected chi connectivity index (χ2v) is 16.7. The Morgan fingerprint density at radius 2 is 1.34 bits per heavy atom. The van der Waals surface area contributed by atoms with Crippen LogP contribution in [0.4, 0.5) is 0 Å². The van der Waals surface area contributed by atoms with Crippen molar-refractivity contribution >= 4 is 8.32 Å². The van der Waals surface area contributed by atoms with Gasteiger partial charge in [-0.15, -0.1) is 0 Å². The lowest BCUT2D eigenvalue weighted by atomic mass is 9.98. The lowest BCUT2D eigenvalue weighted by Crippen LogP contribution is -2.62. The highest BCUT2D eigenvalue weighted by Gasteiger charge is 2.49. The number of aliphatic hydroxyl groups excluding tert-OH is 6. The third-order valence-electron chi connectivity index (χ3n) is 8.86. The van der Waals surface area contributed by atoms with Gasteiger partial charge in [0.25, 0.3) is 0 Å². The van der Waals surface area contributed by atoms with Gasteiger partial charge in [-0.2, -0.15) is 5.26 Å². The first kappa shape index (κ1) is 34.0. The average molecular weight is 600 g/mol. The Bertz CT molecular complexity index is 1010. The van der Waals surface area contributed by atoms with E-state index in [1.807, 2.05) is 6.07 Å². The lowest BCUT2D eigenvalue weighted by Gasteiger charge is -2.45. The van der Waals surface area contributed by atoms with E-state index in [1.165, 1.54) is 0 Å². The zero-order chi connectivity index (χ0) is 30.7. The summed E-state index contributed by atoms with van der Waals surface area (Å²) in [5.74, 6) is 0.338. The van der Waals surface area contributed by atoms with Crippen molar-refractivity contribution in [3.05, 3.63) is 35.9 Å². The van der Waals surface area contributed by atoms with Crippen molar-refractivity contribution in [2.45, 2.75) is 113 Å². The zero-order valence-corrected chi connectivity index (χ0v) is 25.4. The van der Waals surface area contributed by atoms with Crippen LogP contribution in [0.5, 0.6) is 0 Å². The number of ether oxygens (including phenoxy) is 4. The van der Waals surface area contributed by atoms with Crippen LogP contribution >= 0.6 is 0 Å². The number of benzene rings is 1. The quantitative estimate of drug-likeness (QED) is 0.194. The van der Waals surface area contributed by atoms with Crippen molar-refractivity contribution in [3.63, 3.8) is 0 Å². The Hall–Kier alpha value is -1.51. The minimum atomic E-state index is -2.30. The summed E-state index contributed by atoms with van der Waals surface area (Å²) >= 11 is 0. The SMILES string of the molecule is CC(C)C(C)(C)[Si](C)(C)OC[C@H]1O[C@@H](OC[C@H]2O[C@@H](OC(C#N)c3ccccc3)[C@@H](O)[C@H](O)[C@@H]2O)[C@@H](O)[C@H](O)[C@@H]1O. The molecular weight excluding hydrogens is 554 g/mol. The maximum absolute atomic E-state index is 10.6. The molecule has 0 radical (unpaired) electrons. The first-order valence-corrected chi connectivity index (χ1v) is 16.8. The fourth-order valence-electron chi connectivity index (χ4n) is 4.67. The van der Waals surface area contributed by atoms with Gasteiger partial charge < -0.3 is 54.0 Å². The average Bonchev–Trinajstić information content (AvgIpc) is 2.94. The minimum absolute atomic E-state index is 0.0431. The van der Waals surface area contributed by atoms with Gasteiger partial charge in [0, 0.05) is 0 Å². The molecule has 2 aliphatic heterocycles. The molecule has 6 N–H and O–H groups in total. The Labute approximate surface area is 242 Å². The topological polar surface area (TPSA) is 191 Å². The molecule has 0 saturated carbocycles. The molecule has 2 heterocycles. The van der Waals surface area contributed by atoms with Gasteiger partial charge in [0.15, 0.2) is 27.0 Å². The molecular formula is C28H45NO11Si. The number of nitriles is 1. The van der Waals surface area contributed by atoms with Gasteiger partial charge in [-0.3, -0.25) is 0 Å². The van der Waals surface area contributed by atoms with Crippen LogP contribution in [0.3, 0.4) is 0 Å². The Kier molecular flexibility index (Phi) is 11.5. The maximum Gasteiger partial charge on any atom is 0.192 e. The van der Waals surface area contributed by atoms with Crippen molar-refractivity contribution in [1.29, 1.82) is 5.26 Å². The van der Waals surface area contributed by atoms with E-state index in [0.717, 1.165) is 0 Å². The highest BCUT2D eigenvalue weighted by Crippen LogP contribution is 2.44. The fourth-order valence-corrected chi connectivity index (χ4v) is 7.01. The maximum atomic E-state index is 10.6. The van der Waals surface area contributed by atoms with Gasteiger partial charge in [-0.1, -0.05) is 58.0 Å². The van der Waals surface area contributed by atoms with Gasteiger partial charge in [0.05, 0.1) is 19.3 Å². The number of nitrogens with zero attached hydrogens (tertiary/aromatic N) is 1. The molecule has 2 aliphatic rings. The summed E-state index contributed by atoms with van der Waals surface area (Å²) in [6.45, 7) is 12.1. The first-order chi connectivity index (χ1) is 19.1. The largest absolute Gasteiger partial charge is 0.414 e. The summed E-state index contributed by atoms with van der Waals surface area (Å²) in [7, 11) is -2.30. The van der Waals surface area contributed by atoms with Gasteiger partial charge >= 0.3 is 0 Å². The van der Waals surface area contributed by atoms with Crippen molar-refractivity contribution < 1.29 is 54.0 Å². The van der Waals surface area contributed by atoms with Crippen LogP contribution in [-0.4, -0.2) is 114 Å². The van der Waals surface area contributed by atoms with Gasteiger partial charge in [0.1, 0.15) is 48.8 Å². The van der Waals surface area contributed by atoms with Gasteiger partial charge in [-0.05, 0) is 29.6 Å². The van der Waals surface area contributed by atoms with E-state index >= 15 is 0 Å². The fraction of sp³-hybridized carbons (Fsp3) is 0.750. The molecule has 0 bridgehead atoms. The van der Waals surface area contributed by atoms with Gasteiger partial charge in [0.2, 0.25) is 0 Å².